The van der Waals surface area contributed by atoms with E-state index in [0.29, 0.717) is 19.8 Å². The van der Waals surface area contributed by atoms with Crippen LogP contribution in [0, 0.1) is 0 Å². The number of benzene rings is 1. The van der Waals surface area contributed by atoms with Crippen LogP contribution < -0.4 is 5.32 Å². The molecule has 150 valence electrons. The van der Waals surface area contributed by atoms with Gasteiger partial charge in [0.1, 0.15) is 5.75 Å². The Labute approximate surface area is 160 Å². The number of rotatable bonds is 18. The second-order valence-corrected chi connectivity index (χ2v) is 6.88. The largest absolute Gasteiger partial charge is 0.508 e. The minimum Gasteiger partial charge on any atom is -0.508 e. The van der Waals surface area contributed by atoms with Gasteiger partial charge in [-0.15, -0.1) is 0 Å². The van der Waals surface area contributed by atoms with Crippen molar-refractivity contribution in [3.63, 3.8) is 0 Å². The molecule has 0 aliphatic rings. The molecule has 0 heterocycles. The van der Waals surface area contributed by atoms with Crippen molar-refractivity contribution in [1.82, 2.24) is 0 Å². The molecule has 0 fully saturated rings. The number of phenolic OH excluding ortho intramolecular Hbond substituents is 1. The van der Waals surface area contributed by atoms with Crippen LogP contribution in [-0.4, -0.2) is 38.1 Å². The van der Waals surface area contributed by atoms with E-state index in [2.05, 4.69) is 12.2 Å². The Morgan fingerprint density at radius 1 is 0.769 bits per heavy atom. The molecule has 0 atom stereocenters. The second kappa shape index (κ2) is 17.2. The first-order chi connectivity index (χ1) is 12.8. The van der Waals surface area contributed by atoms with Crippen molar-refractivity contribution >= 4 is 5.69 Å². The van der Waals surface area contributed by atoms with Crippen LogP contribution in [0.1, 0.15) is 71.1 Å². The van der Waals surface area contributed by atoms with Gasteiger partial charge in [-0.2, -0.15) is 0 Å². The third kappa shape index (κ3) is 14.0. The summed E-state index contributed by atoms with van der Waals surface area (Å²) in [4.78, 5) is 0. The predicted molar refractivity (Wildman–Crippen MR) is 110 cm³/mol. The molecule has 2 N–H and O–H groups in total. The molecule has 0 amide bonds. The van der Waals surface area contributed by atoms with E-state index in [0.717, 1.165) is 25.3 Å². The van der Waals surface area contributed by atoms with Crippen molar-refractivity contribution in [2.24, 2.45) is 0 Å². The number of nitrogens with one attached hydrogen (secondary N) is 1. The first-order valence-electron chi connectivity index (χ1n) is 10.5. The van der Waals surface area contributed by atoms with Crippen LogP contribution in [0.3, 0.4) is 0 Å². The Kier molecular flexibility index (Phi) is 15.0. The molecule has 1 aromatic carbocycles. The Morgan fingerprint density at radius 2 is 1.38 bits per heavy atom. The zero-order valence-corrected chi connectivity index (χ0v) is 16.7. The molecule has 0 saturated heterocycles. The molecule has 0 aliphatic heterocycles. The normalized spacial score (nSPS) is 11.0. The lowest BCUT2D eigenvalue weighted by molar-refractivity contribution is 0.0500. The van der Waals surface area contributed by atoms with E-state index < -0.39 is 0 Å². The van der Waals surface area contributed by atoms with E-state index >= 15 is 0 Å². The molecular weight excluding hydrogens is 326 g/mol. The molecule has 0 aromatic heterocycles. The lowest BCUT2D eigenvalue weighted by atomic mass is 10.1. The minimum absolute atomic E-state index is 0.274. The maximum atomic E-state index is 9.37. The highest BCUT2D eigenvalue weighted by Gasteiger charge is 1.95. The molecule has 1 aromatic rings. The van der Waals surface area contributed by atoms with Crippen molar-refractivity contribution in [3.8, 4) is 5.75 Å². The minimum atomic E-state index is 0.274. The summed E-state index contributed by atoms with van der Waals surface area (Å²) in [7, 11) is 0. The van der Waals surface area contributed by atoms with Crippen molar-refractivity contribution in [2.75, 3.05) is 38.3 Å². The quantitative estimate of drug-likeness (QED) is 0.325. The van der Waals surface area contributed by atoms with Crippen LogP contribution in [0.2, 0.25) is 0 Å². The molecule has 0 radical (unpaired) electrons. The SMILES string of the molecule is CCCCCCCCCCCCOCCOCCNc1cccc(O)c1. The number of ether oxygens (including phenoxy) is 2. The van der Waals surface area contributed by atoms with Crippen molar-refractivity contribution in [2.45, 2.75) is 71.1 Å². The molecule has 4 nitrogen and oxygen atoms in total. The van der Waals surface area contributed by atoms with Gasteiger partial charge in [0.2, 0.25) is 0 Å². The summed E-state index contributed by atoms with van der Waals surface area (Å²) >= 11 is 0. The van der Waals surface area contributed by atoms with E-state index in [1.807, 2.05) is 12.1 Å². The highest BCUT2D eigenvalue weighted by Crippen LogP contribution is 2.14. The van der Waals surface area contributed by atoms with Crippen LogP contribution in [0.4, 0.5) is 5.69 Å². The molecule has 0 spiro atoms. The average molecular weight is 366 g/mol. The van der Waals surface area contributed by atoms with E-state index in [9.17, 15) is 5.11 Å². The summed E-state index contributed by atoms with van der Waals surface area (Å²) in [6.07, 6.45) is 13.5. The van der Waals surface area contributed by atoms with Gasteiger partial charge < -0.3 is 19.9 Å². The fraction of sp³-hybridized carbons (Fsp3) is 0.727. The first-order valence-corrected chi connectivity index (χ1v) is 10.5. The zero-order valence-electron chi connectivity index (χ0n) is 16.7. The van der Waals surface area contributed by atoms with Gasteiger partial charge in [-0.25, -0.2) is 0 Å². The van der Waals surface area contributed by atoms with Gasteiger partial charge in [-0.1, -0.05) is 70.8 Å². The third-order valence-electron chi connectivity index (χ3n) is 4.44. The van der Waals surface area contributed by atoms with Crippen LogP contribution >= 0.6 is 0 Å². The first kappa shape index (κ1) is 22.8. The Hall–Kier alpha value is -1.26. The lowest BCUT2D eigenvalue weighted by Gasteiger charge is -2.08. The number of hydrogen-bond donors (Lipinski definition) is 2. The van der Waals surface area contributed by atoms with Gasteiger partial charge in [0.25, 0.3) is 0 Å². The standard InChI is InChI=1S/C22H39NO3/c1-2-3-4-5-6-7-8-9-10-11-16-25-18-19-26-17-15-23-21-13-12-14-22(24)20-21/h12-14,20,23-24H,2-11,15-19H2,1H3. The van der Waals surface area contributed by atoms with Crippen LogP contribution in [0.15, 0.2) is 24.3 Å². The van der Waals surface area contributed by atoms with Crippen molar-refractivity contribution in [1.29, 1.82) is 0 Å². The smallest absolute Gasteiger partial charge is 0.117 e. The van der Waals surface area contributed by atoms with Crippen molar-refractivity contribution < 1.29 is 14.6 Å². The lowest BCUT2D eigenvalue weighted by Crippen LogP contribution is -2.12. The molecule has 4 heteroatoms. The molecule has 26 heavy (non-hydrogen) atoms. The fourth-order valence-electron chi connectivity index (χ4n) is 2.90. The number of aromatic hydroxyl groups is 1. The van der Waals surface area contributed by atoms with E-state index in [-0.39, 0.29) is 5.75 Å². The second-order valence-electron chi connectivity index (χ2n) is 6.88. The zero-order chi connectivity index (χ0) is 18.7. The summed E-state index contributed by atoms with van der Waals surface area (Å²) in [5.74, 6) is 0.274. The Morgan fingerprint density at radius 3 is 2.04 bits per heavy atom. The topological polar surface area (TPSA) is 50.7 Å². The van der Waals surface area contributed by atoms with Crippen LogP contribution in [0.25, 0.3) is 0 Å². The third-order valence-corrected chi connectivity index (χ3v) is 4.44. The van der Waals surface area contributed by atoms with Gasteiger partial charge in [-0.3, -0.25) is 0 Å². The van der Waals surface area contributed by atoms with Gasteiger partial charge in [0, 0.05) is 24.9 Å². The predicted octanol–water partition coefficient (Wildman–Crippen LogP) is 5.76. The highest BCUT2D eigenvalue weighted by molar-refractivity contribution is 5.47. The maximum Gasteiger partial charge on any atom is 0.117 e. The van der Waals surface area contributed by atoms with Gasteiger partial charge in [0.05, 0.1) is 19.8 Å². The molecular formula is C22H39NO3. The summed E-state index contributed by atoms with van der Waals surface area (Å²) in [6.45, 7) is 5.79. The number of phenols is 1. The maximum absolute atomic E-state index is 9.37. The van der Waals surface area contributed by atoms with Crippen LogP contribution in [-0.2, 0) is 9.47 Å². The number of hydrogen-bond acceptors (Lipinski definition) is 4. The summed E-state index contributed by atoms with van der Waals surface area (Å²) < 4.78 is 11.1. The number of unbranched alkanes of at least 4 members (excludes halogenated alkanes) is 9. The summed E-state index contributed by atoms with van der Waals surface area (Å²) in [5, 5.41) is 12.6. The van der Waals surface area contributed by atoms with Crippen molar-refractivity contribution in [3.05, 3.63) is 24.3 Å². The monoisotopic (exact) mass is 365 g/mol. The molecule has 1 rings (SSSR count). The van der Waals surface area contributed by atoms with E-state index in [1.54, 1.807) is 12.1 Å². The Balaban J connectivity index is 1.73. The van der Waals surface area contributed by atoms with Gasteiger partial charge >= 0.3 is 0 Å². The van der Waals surface area contributed by atoms with E-state index in [1.165, 1.54) is 57.8 Å². The van der Waals surface area contributed by atoms with Gasteiger partial charge in [0.15, 0.2) is 0 Å². The number of anilines is 1. The Bertz CT molecular complexity index is 426. The fourth-order valence-corrected chi connectivity index (χ4v) is 2.90. The average Bonchev–Trinajstić information content (AvgIpc) is 2.64. The van der Waals surface area contributed by atoms with E-state index in [4.69, 9.17) is 9.47 Å². The molecule has 0 bridgehead atoms. The molecule has 0 unspecified atom stereocenters. The molecule has 0 aliphatic carbocycles. The molecule has 0 saturated carbocycles. The van der Waals surface area contributed by atoms with Gasteiger partial charge in [-0.05, 0) is 18.6 Å². The van der Waals surface area contributed by atoms with Crippen LogP contribution in [0.5, 0.6) is 5.75 Å². The summed E-state index contributed by atoms with van der Waals surface area (Å²) in [6, 6.07) is 7.11. The highest BCUT2D eigenvalue weighted by atomic mass is 16.5. The summed E-state index contributed by atoms with van der Waals surface area (Å²) in [5.41, 5.74) is 0.908.